The highest BCUT2D eigenvalue weighted by Gasteiger charge is 2.16. The molecular weight excluding hydrogens is 320 g/mol. The topological polar surface area (TPSA) is 49.6 Å². The molecule has 1 amide bonds. The SMILES string of the molecule is CC1CCN(c2ccc(NC(=O)c3cn4ccsc4n3)cc2)CC1. The van der Waals surface area contributed by atoms with Crippen LogP contribution in [-0.2, 0) is 0 Å². The van der Waals surface area contributed by atoms with Crippen molar-refractivity contribution < 1.29 is 4.79 Å². The number of aromatic nitrogens is 2. The average molecular weight is 340 g/mol. The van der Waals surface area contributed by atoms with Gasteiger partial charge < -0.3 is 10.2 Å². The second kappa shape index (κ2) is 6.28. The maximum absolute atomic E-state index is 12.3. The first-order chi connectivity index (χ1) is 11.7. The minimum Gasteiger partial charge on any atom is -0.372 e. The van der Waals surface area contributed by atoms with Crippen LogP contribution in [-0.4, -0.2) is 28.4 Å². The first-order valence-electron chi connectivity index (χ1n) is 8.27. The summed E-state index contributed by atoms with van der Waals surface area (Å²) >= 11 is 1.52. The van der Waals surface area contributed by atoms with E-state index in [1.165, 1.54) is 29.9 Å². The number of nitrogens with one attached hydrogen (secondary N) is 1. The molecule has 0 radical (unpaired) electrons. The molecular formula is C18H20N4OS. The Labute approximate surface area is 144 Å². The molecule has 6 heteroatoms. The van der Waals surface area contributed by atoms with Crippen molar-refractivity contribution >= 4 is 33.6 Å². The summed E-state index contributed by atoms with van der Waals surface area (Å²) in [5.41, 5.74) is 2.46. The van der Waals surface area contributed by atoms with Gasteiger partial charge in [-0.3, -0.25) is 9.20 Å². The summed E-state index contributed by atoms with van der Waals surface area (Å²) < 4.78 is 1.86. The van der Waals surface area contributed by atoms with Crippen molar-refractivity contribution in [1.29, 1.82) is 0 Å². The third kappa shape index (κ3) is 3.01. The third-order valence-corrected chi connectivity index (χ3v) is 5.37. The van der Waals surface area contributed by atoms with Crippen LogP contribution in [0, 0.1) is 5.92 Å². The number of hydrogen-bond donors (Lipinski definition) is 1. The lowest BCUT2D eigenvalue weighted by Crippen LogP contribution is -2.32. The van der Waals surface area contributed by atoms with Crippen molar-refractivity contribution in [3.63, 3.8) is 0 Å². The zero-order chi connectivity index (χ0) is 16.5. The monoisotopic (exact) mass is 340 g/mol. The molecule has 1 aromatic carbocycles. The fourth-order valence-corrected chi connectivity index (χ4v) is 3.75. The van der Waals surface area contributed by atoms with Crippen LogP contribution in [0.1, 0.15) is 30.3 Å². The Morgan fingerprint density at radius 3 is 2.71 bits per heavy atom. The van der Waals surface area contributed by atoms with Crippen LogP contribution in [0.5, 0.6) is 0 Å². The molecule has 4 rings (SSSR count). The Morgan fingerprint density at radius 2 is 2.00 bits per heavy atom. The molecule has 1 N–H and O–H groups in total. The Bertz CT molecular complexity index is 815. The van der Waals surface area contributed by atoms with Crippen LogP contribution in [0.15, 0.2) is 42.0 Å². The van der Waals surface area contributed by atoms with Gasteiger partial charge in [-0.05, 0) is 43.0 Å². The molecule has 0 unspecified atom stereocenters. The lowest BCUT2D eigenvalue weighted by atomic mass is 9.99. The van der Waals surface area contributed by atoms with E-state index >= 15 is 0 Å². The third-order valence-electron chi connectivity index (χ3n) is 4.60. The minimum atomic E-state index is -0.176. The average Bonchev–Trinajstić information content (AvgIpc) is 3.18. The molecule has 1 saturated heterocycles. The molecule has 1 fully saturated rings. The summed E-state index contributed by atoms with van der Waals surface area (Å²) in [5.74, 6) is 0.648. The predicted octanol–water partition coefficient (Wildman–Crippen LogP) is 3.88. The van der Waals surface area contributed by atoms with E-state index in [1.807, 2.05) is 28.1 Å². The Hall–Kier alpha value is -2.34. The van der Waals surface area contributed by atoms with Crippen molar-refractivity contribution in [3.05, 3.63) is 47.7 Å². The zero-order valence-electron chi connectivity index (χ0n) is 13.6. The molecule has 0 bridgehead atoms. The summed E-state index contributed by atoms with van der Waals surface area (Å²) in [6.07, 6.45) is 6.15. The van der Waals surface area contributed by atoms with E-state index in [-0.39, 0.29) is 5.91 Å². The number of amides is 1. The van der Waals surface area contributed by atoms with Gasteiger partial charge in [0.2, 0.25) is 0 Å². The van der Waals surface area contributed by atoms with Gasteiger partial charge in [-0.25, -0.2) is 4.98 Å². The number of imidazole rings is 1. The maximum Gasteiger partial charge on any atom is 0.275 e. The van der Waals surface area contributed by atoms with E-state index in [0.717, 1.165) is 29.7 Å². The van der Waals surface area contributed by atoms with E-state index in [4.69, 9.17) is 0 Å². The Kier molecular flexibility index (Phi) is 3.98. The van der Waals surface area contributed by atoms with Gasteiger partial charge in [0, 0.05) is 42.2 Å². The van der Waals surface area contributed by atoms with Crippen LogP contribution in [0.4, 0.5) is 11.4 Å². The van der Waals surface area contributed by atoms with Crippen molar-refractivity contribution in [2.24, 2.45) is 5.92 Å². The van der Waals surface area contributed by atoms with Crippen LogP contribution in [0.3, 0.4) is 0 Å². The molecule has 1 aliphatic rings. The van der Waals surface area contributed by atoms with Crippen LogP contribution in [0.2, 0.25) is 0 Å². The van der Waals surface area contributed by atoms with Crippen molar-refractivity contribution in [2.45, 2.75) is 19.8 Å². The number of fused-ring (bicyclic) bond motifs is 1. The summed E-state index contributed by atoms with van der Waals surface area (Å²) in [7, 11) is 0. The molecule has 3 heterocycles. The first-order valence-corrected chi connectivity index (χ1v) is 9.15. The molecule has 3 aromatic rings. The van der Waals surface area contributed by atoms with Gasteiger partial charge in [0.25, 0.3) is 5.91 Å². The Balaban J connectivity index is 1.43. The van der Waals surface area contributed by atoms with E-state index in [1.54, 1.807) is 6.20 Å². The van der Waals surface area contributed by atoms with E-state index in [9.17, 15) is 4.79 Å². The zero-order valence-corrected chi connectivity index (χ0v) is 14.4. The molecule has 0 atom stereocenters. The fourth-order valence-electron chi connectivity index (χ4n) is 3.05. The van der Waals surface area contributed by atoms with Gasteiger partial charge in [0.1, 0.15) is 5.69 Å². The number of hydrogen-bond acceptors (Lipinski definition) is 4. The molecule has 24 heavy (non-hydrogen) atoms. The number of anilines is 2. The van der Waals surface area contributed by atoms with E-state index in [2.05, 4.69) is 34.3 Å². The number of rotatable bonds is 3. The largest absolute Gasteiger partial charge is 0.372 e. The molecule has 0 aliphatic carbocycles. The molecule has 0 spiro atoms. The molecule has 0 saturated carbocycles. The van der Waals surface area contributed by atoms with Gasteiger partial charge in [-0.2, -0.15) is 0 Å². The molecule has 1 aliphatic heterocycles. The molecule has 124 valence electrons. The van der Waals surface area contributed by atoms with Gasteiger partial charge >= 0.3 is 0 Å². The van der Waals surface area contributed by atoms with E-state index < -0.39 is 0 Å². The van der Waals surface area contributed by atoms with Gasteiger partial charge in [0.05, 0.1) is 0 Å². The number of carbonyl (C=O) groups excluding carboxylic acids is 1. The number of nitrogens with zero attached hydrogens (tertiary/aromatic N) is 3. The lowest BCUT2D eigenvalue weighted by Gasteiger charge is -2.32. The second-order valence-corrected chi connectivity index (χ2v) is 7.26. The number of piperidine rings is 1. The first kappa shape index (κ1) is 15.2. The number of benzene rings is 1. The van der Waals surface area contributed by atoms with E-state index in [0.29, 0.717) is 5.69 Å². The smallest absolute Gasteiger partial charge is 0.275 e. The number of carbonyl (C=O) groups is 1. The standard InChI is InChI=1S/C18H20N4OS/c1-13-6-8-21(9-7-13)15-4-2-14(3-5-15)19-17(23)16-12-22-10-11-24-18(22)20-16/h2-5,10-13H,6-9H2,1H3,(H,19,23). The Morgan fingerprint density at radius 1 is 1.25 bits per heavy atom. The lowest BCUT2D eigenvalue weighted by molar-refractivity contribution is 0.102. The molecule has 5 nitrogen and oxygen atoms in total. The van der Waals surface area contributed by atoms with Gasteiger partial charge in [-0.15, -0.1) is 11.3 Å². The summed E-state index contributed by atoms with van der Waals surface area (Å²) in [4.78, 5) is 19.9. The van der Waals surface area contributed by atoms with Crippen molar-refractivity contribution in [3.8, 4) is 0 Å². The number of thiazole rings is 1. The summed E-state index contributed by atoms with van der Waals surface area (Å²) in [6, 6.07) is 8.09. The highest BCUT2D eigenvalue weighted by molar-refractivity contribution is 7.15. The normalized spacial score (nSPS) is 15.8. The quantitative estimate of drug-likeness (QED) is 0.787. The van der Waals surface area contributed by atoms with Gasteiger partial charge in [-0.1, -0.05) is 6.92 Å². The van der Waals surface area contributed by atoms with Crippen molar-refractivity contribution in [2.75, 3.05) is 23.3 Å². The van der Waals surface area contributed by atoms with Crippen LogP contribution < -0.4 is 10.2 Å². The second-order valence-electron chi connectivity index (χ2n) is 6.39. The fraction of sp³-hybridized carbons (Fsp3) is 0.333. The van der Waals surface area contributed by atoms with Crippen molar-refractivity contribution in [1.82, 2.24) is 9.38 Å². The maximum atomic E-state index is 12.3. The predicted molar refractivity (Wildman–Crippen MR) is 98.1 cm³/mol. The summed E-state index contributed by atoms with van der Waals surface area (Å²) in [5, 5.41) is 4.87. The van der Waals surface area contributed by atoms with Crippen LogP contribution in [0.25, 0.3) is 4.96 Å². The summed E-state index contributed by atoms with van der Waals surface area (Å²) in [6.45, 7) is 4.53. The van der Waals surface area contributed by atoms with Crippen LogP contribution >= 0.6 is 11.3 Å². The van der Waals surface area contributed by atoms with Gasteiger partial charge in [0.15, 0.2) is 4.96 Å². The highest BCUT2D eigenvalue weighted by Crippen LogP contribution is 2.24. The highest BCUT2D eigenvalue weighted by atomic mass is 32.1. The minimum absolute atomic E-state index is 0.176. The molecule has 2 aromatic heterocycles.